The van der Waals surface area contributed by atoms with Crippen LogP contribution in [0.4, 0.5) is 5.69 Å². The largest absolute Gasteiger partial charge is 0.346 e. The van der Waals surface area contributed by atoms with Crippen molar-refractivity contribution < 1.29 is 13.2 Å². The number of sulfonamides is 1. The lowest BCUT2D eigenvalue weighted by Gasteiger charge is -2.17. The van der Waals surface area contributed by atoms with Gasteiger partial charge in [0.05, 0.1) is 11.4 Å². The topological polar surface area (TPSA) is 74.7 Å². The molecule has 0 aliphatic heterocycles. The summed E-state index contributed by atoms with van der Waals surface area (Å²) in [7, 11) is 1.76. The second kappa shape index (κ2) is 8.77. The van der Waals surface area contributed by atoms with Crippen LogP contribution in [-0.2, 0) is 21.4 Å². The van der Waals surface area contributed by atoms with Crippen LogP contribution in [0.5, 0.6) is 0 Å². The molecule has 0 unspecified atom stereocenters. The SMILES string of the molecule is CN(C)CCn1ccc2cc(NC(=O)CN(C)S(=O)(=O)c3ccccc3)ccc21. The first-order chi connectivity index (χ1) is 13.8. The zero-order valence-corrected chi connectivity index (χ0v) is 17.7. The summed E-state index contributed by atoms with van der Waals surface area (Å²) in [6, 6.07) is 15.8. The van der Waals surface area contributed by atoms with Gasteiger partial charge in [0.25, 0.3) is 0 Å². The Morgan fingerprint density at radius 2 is 1.76 bits per heavy atom. The number of nitrogens with zero attached hydrogens (tertiary/aromatic N) is 3. The maximum absolute atomic E-state index is 12.5. The van der Waals surface area contributed by atoms with Gasteiger partial charge in [-0.15, -0.1) is 0 Å². The van der Waals surface area contributed by atoms with Crippen LogP contribution in [0.3, 0.4) is 0 Å². The summed E-state index contributed by atoms with van der Waals surface area (Å²) < 4.78 is 28.3. The van der Waals surface area contributed by atoms with Crippen LogP contribution in [0.15, 0.2) is 65.7 Å². The third kappa shape index (κ3) is 5.03. The Hall–Kier alpha value is -2.68. The number of hydrogen-bond donors (Lipinski definition) is 1. The molecule has 1 N–H and O–H groups in total. The fourth-order valence-electron chi connectivity index (χ4n) is 3.04. The molecule has 154 valence electrons. The molecule has 0 fully saturated rings. The molecular weight excluding hydrogens is 388 g/mol. The van der Waals surface area contributed by atoms with Crippen LogP contribution >= 0.6 is 0 Å². The van der Waals surface area contributed by atoms with Gasteiger partial charge in [0.15, 0.2) is 0 Å². The van der Waals surface area contributed by atoms with Crippen LogP contribution in [-0.4, -0.2) is 62.3 Å². The molecule has 3 rings (SSSR count). The van der Waals surface area contributed by atoms with Crippen molar-refractivity contribution in [3.63, 3.8) is 0 Å². The van der Waals surface area contributed by atoms with Crippen LogP contribution in [0.25, 0.3) is 10.9 Å². The molecular formula is C21H26N4O3S. The van der Waals surface area contributed by atoms with Crippen molar-refractivity contribution in [1.29, 1.82) is 0 Å². The maximum Gasteiger partial charge on any atom is 0.243 e. The Morgan fingerprint density at radius 1 is 1.03 bits per heavy atom. The lowest BCUT2D eigenvalue weighted by molar-refractivity contribution is -0.116. The third-order valence-electron chi connectivity index (χ3n) is 4.66. The van der Waals surface area contributed by atoms with E-state index in [1.54, 1.807) is 18.2 Å². The molecule has 0 spiro atoms. The number of amides is 1. The molecule has 0 aliphatic rings. The number of carbonyl (C=O) groups is 1. The van der Waals surface area contributed by atoms with E-state index in [0.717, 1.165) is 28.3 Å². The van der Waals surface area contributed by atoms with Gasteiger partial charge in [0.2, 0.25) is 15.9 Å². The van der Waals surface area contributed by atoms with Gasteiger partial charge in [0.1, 0.15) is 0 Å². The minimum absolute atomic E-state index is 0.163. The zero-order valence-electron chi connectivity index (χ0n) is 16.9. The highest BCUT2D eigenvalue weighted by atomic mass is 32.2. The highest BCUT2D eigenvalue weighted by molar-refractivity contribution is 7.89. The molecule has 3 aromatic rings. The number of benzene rings is 2. The normalized spacial score (nSPS) is 12.0. The predicted octanol–water partition coefficient (Wildman–Crippen LogP) is 2.46. The molecule has 29 heavy (non-hydrogen) atoms. The molecule has 8 heteroatoms. The van der Waals surface area contributed by atoms with Gasteiger partial charge in [-0.3, -0.25) is 4.79 Å². The van der Waals surface area contributed by atoms with E-state index in [0.29, 0.717) is 5.69 Å². The quantitative estimate of drug-likeness (QED) is 0.614. The first kappa shape index (κ1) is 21.0. The highest BCUT2D eigenvalue weighted by Gasteiger charge is 2.22. The van der Waals surface area contributed by atoms with Gasteiger partial charge < -0.3 is 14.8 Å². The number of aromatic nitrogens is 1. The lowest BCUT2D eigenvalue weighted by atomic mass is 10.2. The molecule has 0 saturated carbocycles. The molecule has 1 aromatic heterocycles. The number of carbonyl (C=O) groups excluding carboxylic acids is 1. The summed E-state index contributed by atoms with van der Waals surface area (Å²) in [5, 5.41) is 3.81. The highest BCUT2D eigenvalue weighted by Crippen LogP contribution is 2.21. The van der Waals surface area contributed by atoms with Crippen molar-refractivity contribution in [2.24, 2.45) is 0 Å². The fraction of sp³-hybridized carbons (Fsp3) is 0.286. The second-order valence-corrected chi connectivity index (χ2v) is 9.25. The monoisotopic (exact) mass is 414 g/mol. The summed E-state index contributed by atoms with van der Waals surface area (Å²) in [6.45, 7) is 1.55. The third-order valence-corrected chi connectivity index (χ3v) is 6.48. The minimum atomic E-state index is -3.71. The zero-order chi connectivity index (χ0) is 21.0. The number of anilines is 1. The Morgan fingerprint density at radius 3 is 2.45 bits per heavy atom. The number of rotatable bonds is 8. The van der Waals surface area contributed by atoms with E-state index >= 15 is 0 Å². The summed E-state index contributed by atoms with van der Waals surface area (Å²) in [5.41, 5.74) is 1.73. The van der Waals surface area contributed by atoms with E-state index in [1.165, 1.54) is 19.2 Å². The lowest BCUT2D eigenvalue weighted by Crippen LogP contribution is -2.34. The van der Waals surface area contributed by atoms with Crippen molar-refractivity contribution >= 4 is 32.5 Å². The van der Waals surface area contributed by atoms with Gasteiger partial charge in [-0.25, -0.2) is 8.42 Å². The van der Waals surface area contributed by atoms with Crippen LogP contribution < -0.4 is 5.32 Å². The molecule has 0 radical (unpaired) electrons. The van der Waals surface area contributed by atoms with E-state index in [4.69, 9.17) is 0 Å². The Labute approximate surface area is 171 Å². The molecule has 0 aliphatic carbocycles. The predicted molar refractivity (Wildman–Crippen MR) is 115 cm³/mol. The minimum Gasteiger partial charge on any atom is -0.346 e. The number of fused-ring (bicyclic) bond motifs is 1. The molecule has 0 bridgehead atoms. The Bertz CT molecular complexity index is 1090. The number of nitrogens with one attached hydrogen (secondary N) is 1. The van der Waals surface area contributed by atoms with Crippen LogP contribution in [0, 0.1) is 0 Å². The van der Waals surface area contributed by atoms with Crippen molar-refractivity contribution in [3.8, 4) is 0 Å². The van der Waals surface area contributed by atoms with E-state index in [-0.39, 0.29) is 11.4 Å². The van der Waals surface area contributed by atoms with Gasteiger partial charge in [-0.05, 0) is 50.5 Å². The fourth-order valence-corrected chi connectivity index (χ4v) is 4.19. The summed E-state index contributed by atoms with van der Waals surface area (Å²) in [5.74, 6) is -0.390. The second-order valence-electron chi connectivity index (χ2n) is 7.21. The van der Waals surface area contributed by atoms with Gasteiger partial charge in [-0.1, -0.05) is 18.2 Å². The van der Waals surface area contributed by atoms with E-state index in [2.05, 4.69) is 14.8 Å². The van der Waals surface area contributed by atoms with E-state index < -0.39 is 15.9 Å². The molecule has 0 saturated heterocycles. The summed E-state index contributed by atoms with van der Waals surface area (Å²) in [6.07, 6.45) is 2.03. The van der Waals surface area contributed by atoms with Crippen molar-refractivity contribution in [1.82, 2.24) is 13.8 Å². The van der Waals surface area contributed by atoms with Crippen molar-refractivity contribution in [2.75, 3.05) is 39.5 Å². The number of likely N-dealkylation sites (N-methyl/N-ethyl adjacent to an activating group) is 2. The average Bonchev–Trinajstić information content (AvgIpc) is 3.09. The number of hydrogen-bond acceptors (Lipinski definition) is 4. The molecule has 2 aromatic carbocycles. The maximum atomic E-state index is 12.5. The standard InChI is InChI=1S/C21H26N4O3S/c1-23(2)13-14-25-12-11-17-15-18(9-10-20(17)25)22-21(26)16-24(3)29(27,28)19-7-5-4-6-8-19/h4-12,15H,13-14,16H2,1-3H3,(H,22,26). The van der Waals surface area contributed by atoms with Crippen LogP contribution in [0.1, 0.15) is 0 Å². The van der Waals surface area contributed by atoms with E-state index in [1.807, 2.05) is 44.6 Å². The summed E-state index contributed by atoms with van der Waals surface area (Å²) in [4.78, 5) is 14.7. The van der Waals surface area contributed by atoms with Crippen molar-refractivity contribution in [3.05, 3.63) is 60.8 Å². The first-order valence-electron chi connectivity index (χ1n) is 9.32. The Kier molecular flexibility index (Phi) is 6.36. The van der Waals surface area contributed by atoms with E-state index in [9.17, 15) is 13.2 Å². The molecule has 7 nitrogen and oxygen atoms in total. The van der Waals surface area contributed by atoms with Gasteiger partial charge in [-0.2, -0.15) is 4.31 Å². The Balaban J connectivity index is 1.66. The molecule has 0 atom stereocenters. The van der Waals surface area contributed by atoms with Gasteiger partial charge >= 0.3 is 0 Å². The molecule has 1 amide bonds. The summed E-state index contributed by atoms with van der Waals surface area (Å²) >= 11 is 0. The van der Waals surface area contributed by atoms with Crippen molar-refractivity contribution in [2.45, 2.75) is 11.4 Å². The van der Waals surface area contributed by atoms with Gasteiger partial charge in [0, 0.05) is 42.9 Å². The average molecular weight is 415 g/mol. The smallest absolute Gasteiger partial charge is 0.243 e. The molecule has 1 heterocycles. The van der Waals surface area contributed by atoms with Crippen LogP contribution in [0.2, 0.25) is 0 Å². The first-order valence-corrected chi connectivity index (χ1v) is 10.8.